The van der Waals surface area contributed by atoms with Crippen molar-refractivity contribution in [3.05, 3.63) is 53.5 Å². The molecule has 1 fully saturated rings. The van der Waals surface area contributed by atoms with Gasteiger partial charge in [-0.3, -0.25) is 9.36 Å². The molecule has 162 valence electrons. The van der Waals surface area contributed by atoms with E-state index in [2.05, 4.69) is 56.5 Å². The van der Waals surface area contributed by atoms with Crippen LogP contribution in [0.4, 0.5) is 0 Å². The first kappa shape index (κ1) is 21.4. The molecule has 1 saturated carbocycles. The minimum absolute atomic E-state index is 0.195. The van der Waals surface area contributed by atoms with Gasteiger partial charge in [-0.15, -0.1) is 10.2 Å². The van der Waals surface area contributed by atoms with Gasteiger partial charge in [-0.1, -0.05) is 60.9 Å². The quantitative estimate of drug-likeness (QED) is 0.323. The molecule has 3 aromatic rings. The molecule has 31 heavy (non-hydrogen) atoms. The van der Waals surface area contributed by atoms with Crippen LogP contribution < -0.4 is 5.43 Å². The normalized spacial score (nSPS) is 14.9. The van der Waals surface area contributed by atoms with E-state index in [1.165, 1.54) is 42.8 Å². The molecule has 2 heterocycles. The lowest BCUT2D eigenvalue weighted by atomic mass is 9.95. The second-order valence-electron chi connectivity index (χ2n) is 7.86. The van der Waals surface area contributed by atoms with E-state index >= 15 is 0 Å². The van der Waals surface area contributed by atoms with E-state index in [1.54, 1.807) is 6.07 Å². The fourth-order valence-corrected chi connectivity index (χ4v) is 4.59. The van der Waals surface area contributed by atoms with Crippen LogP contribution in [0.3, 0.4) is 0 Å². The number of rotatable bonds is 7. The van der Waals surface area contributed by atoms with Gasteiger partial charge in [0.15, 0.2) is 11.0 Å². The lowest BCUT2D eigenvalue weighted by Gasteiger charge is -2.25. The Balaban J connectivity index is 1.46. The number of aromatic nitrogens is 3. The van der Waals surface area contributed by atoms with Crippen LogP contribution in [0, 0.1) is 13.8 Å². The zero-order chi connectivity index (χ0) is 21.6. The molecule has 1 aliphatic carbocycles. The molecule has 0 radical (unpaired) electrons. The number of thioether (sulfide) groups is 1. The number of nitrogens with one attached hydrogen (secondary N) is 1. The molecule has 2 aromatic heterocycles. The van der Waals surface area contributed by atoms with Crippen molar-refractivity contribution < 1.29 is 9.21 Å². The number of nitrogens with zero attached hydrogens (tertiary/aromatic N) is 4. The van der Waals surface area contributed by atoms with E-state index in [0.717, 1.165) is 35.1 Å². The Bertz CT molecular complexity index is 1050. The largest absolute Gasteiger partial charge is 0.460 e. The van der Waals surface area contributed by atoms with Gasteiger partial charge in [0, 0.05) is 11.6 Å². The van der Waals surface area contributed by atoms with Gasteiger partial charge in [-0.05, 0) is 38.8 Å². The number of aryl methyl sites for hydroxylation is 2. The van der Waals surface area contributed by atoms with Crippen molar-refractivity contribution in [2.24, 2.45) is 5.10 Å². The highest BCUT2D eigenvalue weighted by atomic mass is 32.2. The Morgan fingerprint density at radius 3 is 2.65 bits per heavy atom. The smallest absolute Gasteiger partial charge is 0.250 e. The molecule has 0 atom stereocenters. The van der Waals surface area contributed by atoms with Crippen LogP contribution in [-0.4, -0.2) is 32.6 Å². The Morgan fingerprint density at radius 2 is 1.94 bits per heavy atom. The Morgan fingerprint density at radius 1 is 1.16 bits per heavy atom. The summed E-state index contributed by atoms with van der Waals surface area (Å²) in [5.74, 6) is 2.30. The highest BCUT2D eigenvalue weighted by Crippen LogP contribution is 2.35. The van der Waals surface area contributed by atoms with E-state index in [9.17, 15) is 4.79 Å². The van der Waals surface area contributed by atoms with E-state index < -0.39 is 0 Å². The lowest BCUT2D eigenvalue weighted by Crippen LogP contribution is -2.20. The third-order valence-corrected chi connectivity index (χ3v) is 6.33. The molecule has 4 rings (SSSR count). The molecule has 1 aliphatic rings. The Labute approximate surface area is 186 Å². The molecule has 0 aliphatic heterocycles. The van der Waals surface area contributed by atoms with Crippen LogP contribution in [0.15, 0.2) is 51.1 Å². The van der Waals surface area contributed by atoms with Gasteiger partial charge in [0.05, 0.1) is 12.0 Å². The molecule has 7 nitrogen and oxygen atoms in total. The summed E-state index contributed by atoms with van der Waals surface area (Å²) in [5, 5.41) is 13.7. The number of carbonyl (C=O) groups excluding carboxylic acids is 1. The maximum absolute atomic E-state index is 12.3. The Kier molecular flexibility index (Phi) is 6.86. The third-order valence-electron chi connectivity index (χ3n) is 5.39. The van der Waals surface area contributed by atoms with Crippen LogP contribution in [0.2, 0.25) is 0 Å². The van der Waals surface area contributed by atoms with Gasteiger partial charge in [0.2, 0.25) is 0 Å². The fourth-order valence-electron chi connectivity index (χ4n) is 3.80. The topological polar surface area (TPSA) is 85.3 Å². The van der Waals surface area contributed by atoms with Crippen LogP contribution in [0.5, 0.6) is 0 Å². The molecule has 0 spiro atoms. The molecule has 0 bridgehead atoms. The van der Waals surface area contributed by atoms with Crippen molar-refractivity contribution in [2.45, 2.75) is 57.1 Å². The van der Waals surface area contributed by atoms with Gasteiger partial charge in [-0.2, -0.15) is 5.10 Å². The maximum Gasteiger partial charge on any atom is 0.250 e. The summed E-state index contributed by atoms with van der Waals surface area (Å²) in [5.41, 5.74) is 4.81. The van der Waals surface area contributed by atoms with Crippen molar-refractivity contribution in [3.63, 3.8) is 0 Å². The minimum atomic E-state index is -0.195. The summed E-state index contributed by atoms with van der Waals surface area (Å²) >= 11 is 1.40. The molecule has 0 unspecified atom stereocenters. The van der Waals surface area contributed by atoms with E-state index in [1.807, 2.05) is 13.0 Å². The minimum Gasteiger partial charge on any atom is -0.460 e. The second-order valence-corrected chi connectivity index (χ2v) is 8.81. The van der Waals surface area contributed by atoms with Crippen LogP contribution in [0.1, 0.15) is 55.2 Å². The van der Waals surface area contributed by atoms with Crippen molar-refractivity contribution >= 4 is 23.9 Å². The highest BCUT2D eigenvalue weighted by Gasteiger charge is 2.24. The predicted molar refractivity (Wildman–Crippen MR) is 122 cm³/mol. The summed E-state index contributed by atoms with van der Waals surface area (Å²) in [7, 11) is 0. The van der Waals surface area contributed by atoms with E-state index in [-0.39, 0.29) is 11.7 Å². The summed E-state index contributed by atoms with van der Waals surface area (Å²) < 4.78 is 7.64. The SMILES string of the molecule is Cc1ccc(-c2nnc(SCC(=O)N/N=C/c3ccc(C)o3)n2C2CCCCC2)cc1. The molecule has 1 aromatic carbocycles. The lowest BCUT2D eigenvalue weighted by molar-refractivity contribution is -0.118. The van der Waals surface area contributed by atoms with Crippen molar-refractivity contribution in [1.29, 1.82) is 0 Å². The second kappa shape index (κ2) is 9.96. The van der Waals surface area contributed by atoms with Crippen molar-refractivity contribution in [2.75, 3.05) is 5.75 Å². The van der Waals surface area contributed by atoms with Gasteiger partial charge in [0.25, 0.3) is 5.91 Å². The van der Waals surface area contributed by atoms with Crippen LogP contribution >= 0.6 is 11.8 Å². The number of hydrazone groups is 1. The highest BCUT2D eigenvalue weighted by molar-refractivity contribution is 7.99. The number of amides is 1. The maximum atomic E-state index is 12.3. The first-order valence-corrected chi connectivity index (χ1v) is 11.6. The van der Waals surface area contributed by atoms with Gasteiger partial charge in [-0.25, -0.2) is 5.43 Å². The van der Waals surface area contributed by atoms with Crippen LogP contribution in [-0.2, 0) is 4.79 Å². The zero-order valence-electron chi connectivity index (χ0n) is 17.9. The number of hydrogen-bond donors (Lipinski definition) is 1. The fraction of sp³-hybridized carbons (Fsp3) is 0.391. The molecule has 1 amide bonds. The number of carbonyl (C=O) groups is 1. The summed E-state index contributed by atoms with van der Waals surface area (Å²) in [6, 6.07) is 12.4. The number of benzene rings is 1. The number of hydrogen-bond acceptors (Lipinski definition) is 6. The third kappa shape index (κ3) is 5.44. The number of furan rings is 1. The summed E-state index contributed by atoms with van der Waals surface area (Å²) in [4.78, 5) is 12.3. The monoisotopic (exact) mass is 437 g/mol. The molecular weight excluding hydrogens is 410 g/mol. The molecular formula is C23H27N5O2S. The first-order chi connectivity index (χ1) is 15.1. The standard InChI is InChI=1S/C23H27N5O2S/c1-16-8-11-18(12-9-16)22-26-27-23(28(22)19-6-4-3-5-7-19)31-15-21(29)25-24-14-20-13-10-17(2)30-20/h8-14,19H,3-7,15H2,1-2H3,(H,25,29)/b24-14+. The summed E-state index contributed by atoms with van der Waals surface area (Å²) in [6.45, 7) is 3.94. The van der Waals surface area contributed by atoms with E-state index in [4.69, 9.17) is 4.42 Å². The van der Waals surface area contributed by atoms with Crippen molar-refractivity contribution in [3.8, 4) is 11.4 Å². The first-order valence-electron chi connectivity index (χ1n) is 10.6. The van der Waals surface area contributed by atoms with E-state index in [0.29, 0.717) is 11.8 Å². The van der Waals surface area contributed by atoms with Crippen molar-refractivity contribution in [1.82, 2.24) is 20.2 Å². The zero-order valence-corrected chi connectivity index (χ0v) is 18.7. The molecule has 1 N–H and O–H groups in total. The average Bonchev–Trinajstić information content (AvgIpc) is 3.39. The van der Waals surface area contributed by atoms with Gasteiger partial charge in [0.1, 0.15) is 11.5 Å². The van der Waals surface area contributed by atoms with Gasteiger partial charge < -0.3 is 4.42 Å². The molecule has 0 saturated heterocycles. The van der Waals surface area contributed by atoms with Gasteiger partial charge >= 0.3 is 0 Å². The summed E-state index contributed by atoms with van der Waals surface area (Å²) in [6.07, 6.45) is 7.42. The Hall–Kier alpha value is -2.87. The predicted octanol–water partition coefficient (Wildman–Crippen LogP) is 4.90. The average molecular weight is 438 g/mol. The van der Waals surface area contributed by atoms with Crippen LogP contribution in [0.25, 0.3) is 11.4 Å². The molecule has 8 heteroatoms.